The molecule has 0 aromatic heterocycles. The van der Waals surface area contributed by atoms with Crippen LogP contribution in [0.2, 0.25) is 5.02 Å². The number of hydrogen-bond donors (Lipinski definition) is 1. The van der Waals surface area contributed by atoms with Crippen LogP contribution >= 0.6 is 11.6 Å². The lowest BCUT2D eigenvalue weighted by Crippen LogP contribution is -2.23. The molecule has 2 rings (SSSR count). The van der Waals surface area contributed by atoms with Crippen LogP contribution in [0.25, 0.3) is 0 Å². The lowest BCUT2D eigenvalue weighted by molar-refractivity contribution is 0.410. The lowest BCUT2D eigenvalue weighted by atomic mass is 9.97. The third kappa shape index (κ3) is 3.55. The van der Waals surface area contributed by atoms with Gasteiger partial charge in [-0.2, -0.15) is 0 Å². The van der Waals surface area contributed by atoms with Crippen molar-refractivity contribution >= 4 is 11.6 Å². The number of halogens is 2. The van der Waals surface area contributed by atoms with Gasteiger partial charge >= 0.3 is 0 Å². The number of hydrogen-bond acceptors (Lipinski definition) is 2. The second kappa shape index (κ2) is 6.92. The van der Waals surface area contributed by atoms with Crippen molar-refractivity contribution < 1.29 is 9.13 Å². The molecule has 4 heteroatoms. The molecule has 1 unspecified atom stereocenters. The standard InChI is InChI=1S/C17H19ClFNO/c1-4-20-17(14-8-7-13(18)10-15(14)19)12-6-5-11(2)16(9-12)21-3/h5-10,17,20H,4H2,1-3H3. The second-order valence-corrected chi connectivity index (χ2v) is 5.32. The minimum absolute atomic E-state index is 0.234. The van der Waals surface area contributed by atoms with Gasteiger partial charge < -0.3 is 10.1 Å². The van der Waals surface area contributed by atoms with Crippen LogP contribution in [0.4, 0.5) is 4.39 Å². The van der Waals surface area contributed by atoms with Crippen LogP contribution in [0.1, 0.15) is 29.7 Å². The molecular weight excluding hydrogens is 289 g/mol. The highest BCUT2D eigenvalue weighted by atomic mass is 35.5. The number of aryl methyl sites for hydroxylation is 1. The zero-order valence-corrected chi connectivity index (χ0v) is 13.2. The molecule has 0 radical (unpaired) electrons. The highest BCUT2D eigenvalue weighted by Crippen LogP contribution is 2.29. The van der Waals surface area contributed by atoms with Crippen LogP contribution in [-0.2, 0) is 0 Å². The second-order valence-electron chi connectivity index (χ2n) is 4.89. The topological polar surface area (TPSA) is 21.3 Å². The molecule has 1 N–H and O–H groups in total. The number of nitrogens with one attached hydrogen (secondary N) is 1. The molecule has 21 heavy (non-hydrogen) atoms. The lowest BCUT2D eigenvalue weighted by Gasteiger charge is -2.21. The monoisotopic (exact) mass is 307 g/mol. The summed E-state index contributed by atoms with van der Waals surface area (Å²) in [4.78, 5) is 0. The quantitative estimate of drug-likeness (QED) is 0.878. The van der Waals surface area contributed by atoms with Gasteiger partial charge in [0.25, 0.3) is 0 Å². The summed E-state index contributed by atoms with van der Waals surface area (Å²) in [5.74, 6) is 0.484. The van der Waals surface area contributed by atoms with E-state index in [0.29, 0.717) is 10.6 Å². The summed E-state index contributed by atoms with van der Waals surface area (Å²) < 4.78 is 19.6. The molecule has 0 aliphatic rings. The summed E-state index contributed by atoms with van der Waals surface area (Å²) in [5, 5.41) is 3.70. The van der Waals surface area contributed by atoms with Crippen LogP contribution in [0, 0.1) is 12.7 Å². The van der Waals surface area contributed by atoms with Gasteiger partial charge in [0.2, 0.25) is 0 Å². The Morgan fingerprint density at radius 3 is 2.62 bits per heavy atom. The molecule has 0 spiro atoms. The number of rotatable bonds is 5. The predicted octanol–water partition coefficient (Wildman–Crippen LogP) is 4.50. The summed E-state index contributed by atoms with van der Waals surface area (Å²) in [6.45, 7) is 4.70. The molecule has 0 heterocycles. The minimum atomic E-state index is -0.312. The Hall–Kier alpha value is -1.58. The van der Waals surface area contributed by atoms with E-state index < -0.39 is 0 Å². The molecule has 0 bridgehead atoms. The van der Waals surface area contributed by atoms with Gasteiger partial charge in [0.15, 0.2) is 0 Å². The van der Waals surface area contributed by atoms with Crippen LogP contribution in [0.3, 0.4) is 0 Å². The first kappa shape index (κ1) is 15.8. The summed E-state index contributed by atoms with van der Waals surface area (Å²) in [7, 11) is 1.64. The van der Waals surface area contributed by atoms with Gasteiger partial charge in [-0.15, -0.1) is 0 Å². The largest absolute Gasteiger partial charge is 0.496 e. The van der Waals surface area contributed by atoms with E-state index >= 15 is 0 Å². The molecule has 1 atom stereocenters. The molecule has 112 valence electrons. The Morgan fingerprint density at radius 1 is 1.24 bits per heavy atom. The molecule has 0 aliphatic heterocycles. The average Bonchev–Trinajstić information content (AvgIpc) is 2.46. The van der Waals surface area contributed by atoms with Gasteiger partial charge in [0.1, 0.15) is 11.6 Å². The van der Waals surface area contributed by atoms with Crippen molar-refractivity contribution in [3.8, 4) is 5.75 Å². The molecule has 0 amide bonds. The summed E-state index contributed by atoms with van der Waals surface area (Å²) in [5.41, 5.74) is 2.58. The van der Waals surface area contributed by atoms with E-state index in [4.69, 9.17) is 16.3 Å². The Kier molecular flexibility index (Phi) is 5.21. The van der Waals surface area contributed by atoms with Crippen molar-refractivity contribution in [2.24, 2.45) is 0 Å². The molecule has 0 saturated heterocycles. The van der Waals surface area contributed by atoms with E-state index in [1.165, 1.54) is 6.07 Å². The highest BCUT2D eigenvalue weighted by Gasteiger charge is 2.18. The van der Waals surface area contributed by atoms with Gasteiger partial charge in [-0.1, -0.05) is 36.7 Å². The smallest absolute Gasteiger partial charge is 0.129 e. The third-order valence-electron chi connectivity index (χ3n) is 3.45. The fourth-order valence-corrected chi connectivity index (χ4v) is 2.52. The maximum absolute atomic E-state index is 14.2. The van der Waals surface area contributed by atoms with Gasteiger partial charge in [-0.25, -0.2) is 4.39 Å². The average molecular weight is 308 g/mol. The number of ether oxygens (including phenoxy) is 1. The first-order valence-corrected chi connectivity index (χ1v) is 7.27. The van der Waals surface area contributed by atoms with Gasteiger partial charge in [0, 0.05) is 10.6 Å². The maximum Gasteiger partial charge on any atom is 0.129 e. The van der Waals surface area contributed by atoms with Gasteiger partial charge in [-0.05, 0) is 42.8 Å². The fraction of sp³-hybridized carbons (Fsp3) is 0.294. The van der Waals surface area contributed by atoms with Crippen molar-refractivity contribution in [2.45, 2.75) is 19.9 Å². The molecule has 2 nitrogen and oxygen atoms in total. The molecule has 0 saturated carbocycles. The van der Waals surface area contributed by atoms with E-state index in [1.54, 1.807) is 19.2 Å². The summed E-state index contributed by atoms with van der Waals surface area (Å²) >= 11 is 5.83. The number of benzene rings is 2. The van der Waals surface area contributed by atoms with Crippen molar-refractivity contribution in [3.05, 3.63) is 63.9 Å². The Bertz CT molecular complexity index is 630. The van der Waals surface area contributed by atoms with Gasteiger partial charge in [0.05, 0.1) is 13.2 Å². The van der Waals surface area contributed by atoms with E-state index in [2.05, 4.69) is 5.32 Å². The van der Waals surface area contributed by atoms with E-state index in [1.807, 2.05) is 32.0 Å². The molecular formula is C17H19ClFNO. The molecule has 0 fully saturated rings. The molecule has 0 aliphatic carbocycles. The van der Waals surface area contributed by atoms with E-state index in [0.717, 1.165) is 23.4 Å². The number of methoxy groups -OCH3 is 1. The SMILES string of the molecule is CCNC(c1ccc(C)c(OC)c1)c1ccc(Cl)cc1F. The Balaban J connectivity index is 2.47. The first-order chi connectivity index (χ1) is 10.1. The van der Waals surface area contributed by atoms with Crippen molar-refractivity contribution in [2.75, 3.05) is 13.7 Å². The summed E-state index contributed by atoms with van der Waals surface area (Å²) in [6, 6.07) is 10.4. The van der Waals surface area contributed by atoms with Crippen molar-refractivity contribution in [1.82, 2.24) is 5.32 Å². The normalized spacial score (nSPS) is 12.2. The van der Waals surface area contributed by atoms with Crippen LogP contribution < -0.4 is 10.1 Å². The fourth-order valence-electron chi connectivity index (χ4n) is 2.36. The first-order valence-electron chi connectivity index (χ1n) is 6.89. The van der Waals surface area contributed by atoms with Crippen LogP contribution in [0.15, 0.2) is 36.4 Å². The van der Waals surface area contributed by atoms with Crippen LogP contribution in [0.5, 0.6) is 5.75 Å². The zero-order chi connectivity index (χ0) is 15.4. The zero-order valence-electron chi connectivity index (χ0n) is 12.4. The van der Waals surface area contributed by atoms with Gasteiger partial charge in [-0.3, -0.25) is 0 Å². The molecule has 2 aromatic rings. The van der Waals surface area contributed by atoms with E-state index in [-0.39, 0.29) is 11.9 Å². The highest BCUT2D eigenvalue weighted by molar-refractivity contribution is 6.30. The minimum Gasteiger partial charge on any atom is -0.496 e. The maximum atomic E-state index is 14.2. The summed E-state index contributed by atoms with van der Waals surface area (Å²) in [6.07, 6.45) is 0. The Morgan fingerprint density at radius 2 is 2.00 bits per heavy atom. The Labute approximate surface area is 129 Å². The van der Waals surface area contributed by atoms with E-state index in [9.17, 15) is 4.39 Å². The third-order valence-corrected chi connectivity index (χ3v) is 3.68. The van der Waals surface area contributed by atoms with Crippen molar-refractivity contribution in [1.29, 1.82) is 0 Å². The van der Waals surface area contributed by atoms with Crippen molar-refractivity contribution in [3.63, 3.8) is 0 Å². The predicted molar refractivity (Wildman–Crippen MR) is 84.7 cm³/mol. The van der Waals surface area contributed by atoms with Crippen LogP contribution in [-0.4, -0.2) is 13.7 Å². The molecule has 2 aromatic carbocycles.